The van der Waals surface area contributed by atoms with Crippen LogP contribution in [-0.4, -0.2) is 28.9 Å². The second kappa shape index (κ2) is 10.7. The predicted molar refractivity (Wildman–Crippen MR) is 168 cm³/mol. The van der Waals surface area contributed by atoms with E-state index in [2.05, 4.69) is 89.5 Å². The zero-order valence-electron chi connectivity index (χ0n) is 22.1. The average molecular weight is 587 g/mol. The van der Waals surface area contributed by atoms with E-state index in [-0.39, 0.29) is 5.57 Å². The molecule has 0 saturated heterocycles. The molecule has 4 heterocycles. The van der Waals surface area contributed by atoms with Crippen molar-refractivity contribution >= 4 is 45.6 Å². The van der Waals surface area contributed by atoms with Gasteiger partial charge in [0.05, 0.1) is 21.0 Å². The second-order valence-corrected chi connectivity index (χ2v) is 11.7. The maximum atomic E-state index is 11.5. The minimum absolute atomic E-state index is 0.354. The lowest BCUT2D eigenvalue weighted by Crippen LogP contribution is -2.14. The first-order chi connectivity index (χ1) is 20.6. The lowest BCUT2D eigenvalue weighted by Gasteiger charge is -2.16. The van der Waals surface area contributed by atoms with Crippen LogP contribution in [0, 0.1) is 11.3 Å². The van der Waals surface area contributed by atoms with Crippen molar-refractivity contribution in [3.8, 4) is 54.7 Å². The standard InChI is InChI=1S/C34H22N2O4S2/c35-20-22(34(37)38)19-28-31-32(40-18-17-39-31)33(42-28)27-16-15-26(41-27)29-24-13-7-8-14-25(24)36(23-11-5-2-6-12-23)30(29)21-9-3-1-4-10-21/h1-16,19H,17-18H2,(H,37,38)/b22-19+. The Morgan fingerprint density at radius 1 is 0.833 bits per heavy atom. The van der Waals surface area contributed by atoms with Crippen LogP contribution in [0.3, 0.4) is 0 Å². The Morgan fingerprint density at radius 2 is 1.50 bits per heavy atom. The summed E-state index contributed by atoms with van der Waals surface area (Å²) in [5, 5.41) is 19.9. The Kier molecular flexibility index (Phi) is 6.59. The molecule has 0 aliphatic carbocycles. The second-order valence-electron chi connectivity index (χ2n) is 9.57. The summed E-state index contributed by atoms with van der Waals surface area (Å²) in [6, 6.07) is 35.2. The number of aromatic nitrogens is 1. The number of benzene rings is 3. The monoisotopic (exact) mass is 586 g/mol. The van der Waals surface area contributed by atoms with Crippen LogP contribution in [0.25, 0.3) is 54.1 Å². The maximum absolute atomic E-state index is 11.5. The normalized spacial score (nSPS) is 12.8. The molecule has 0 atom stereocenters. The largest absolute Gasteiger partial charge is 0.485 e. The van der Waals surface area contributed by atoms with E-state index in [0.717, 1.165) is 48.0 Å². The summed E-state index contributed by atoms with van der Waals surface area (Å²) in [5.41, 5.74) is 5.19. The Bertz CT molecular complexity index is 2030. The number of rotatable bonds is 6. The van der Waals surface area contributed by atoms with Gasteiger partial charge in [-0.15, -0.1) is 22.7 Å². The average Bonchev–Trinajstić information content (AvgIpc) is 3.74. The molecule has 0 fully saturated rings. The van der Waals surface area contributed by atoms with Gasteiger partial charge in [-0.2, -0.15) is 5.26 Å². The van der Waals surface area contributed by atoms with Crippen molar-refractivity contribution in [2.24, 2.45) is 0 Å². The highest BCUT2D eigenvalue weighted by Crippen LogP contribution is 2.53. The third-order valence-corrected chi connectivity index (χ3v) is 9.45. The highest BCUT2D eigenvalue weighted by molar-refractivity contribution is 7.24. The van der Waals surface area contributed by atoms with Gasteiger partial charge in [-0.25, -0.2) is 4.79 Å². The number of nitrogens with zero attached hydrogens (tertiary/aromatic N) is 2. The summed E-state index contributed by atoms with van der Waals surface area (Å²) in [4.78, 5) is 15.0. The number of fused-ring (bicyclic) bond motifs is 2. The fourth-order valence-electron chi connectivity index (χ4n) is 5.30. The van der Waals surface area contributed by atoms with Gasteiger partial charge in [0.1, 0.15) is 24.9 Å². The van der Waals surface area contributed by atoms with Crippen molar-refractivity contribution in [2.45, 2.75) is 0 Å². The van der Waals surface area contributed by atoms with Crippen LogP contribution in [0.2, 0.25) is 0 Å². The number of aliphatic carboxylic acids is 1. The third-order valence-electron chi connectivity index (χ3n) is 7.06. The molecule has 0 spiro atoms. The van der Waals surface area contributed by atoms with Gasteiger partial charge in [0.15, 0.2) is 11.5 Å². The van der Waals surface area contributed by atoms with Crippen LogP contribution in [0.5, 0.6) is 11.5 Å². The van der Waals surface area contributed by atoms with E-state index in [1.54, 1.807) is 17.4 Å². The zero-order chi connectivity index (χ0) is 28.6. The molecule has 1 aliphatic heterocycles. The quantitative estimate of drug-likeness (QED) is 0.156. The van der Waals surface area contributed by atoms with Gasteiger partial charge in [0.25, 0.3) is 0 Å². The molecular formula is C34H22N2O4S2. The number of para-hydroxylation sites is 2. The molecule has 8 heteroatoms. The van der Waals surface area contributed by atoms with Crippen LogP contribution in [0.15, 0.2) is 103 Å². The van der Waals surface area contributed by atoms with Gasteiger partial charge in [0.2, 0.25) is 0 Å². The third kappa shape index (κ3) is 4.36. The van der Waals surface area contributed by atoms with E-state index in [1.807, 2.05) is 12.1 Å². The van der Waals surface area contributed by atoms with E-state index in [0.29, 0.717) is 29.6 Å². The van der Waals surface area contributed by atoms with Crippen LogP contribution >= 0.6 is 22.7 Å². The molecule has 3 aromatic carbocycles. The lowest BCUT2D eigenvalue weighted by molar-refractivity contribution is -0.132. The Morgan fingerprint density at radius 3 is 2.24 bits per heavy atom. The molecule has 0 saturated carbocycles. The number of hydrogen-bond acceptors (Lipinski definition) is 6. The maximum Gasteiger partial charge on any atom is 0.346 e. The minimum atomic E-state index is -1.28. The topological polar surface area (TPSA) is 84.5 Å². The molecule has 3 aromatic heterocycles. The van der Waals surface area contributed by atoms with Crippen LogP contribution < -0.4 is 9.47 Å². The summed E-state index contributed by atoms with van der Waals surface area (Å²) in [7, 11) is 0. The number of hydrogen-bond donors (Lipinski definition) is 1. The molecule has 6 nitrogen and oxygen atoms in total. The van der Waals surface area contributed by atoms with E-state index < -0.39 is 5.97 Å². The smallest absolute Gasteiger partial charge is 0.346 e. The van der Waals surface area contributed by atoms with E-state index >= 15 is 0 Å². The Balaban J connectivity index is 1.45. The summed E-state index contributed by atoms with van der Waals surface area (Å²) >= 11 is 3.02. The number of carbonyl (C=O) groups is 1. The molecule has 0 amide bonds. The number of nitriles is 1. The summed E-state index contributed by atoms with van der Waals surface area (Å²) in [6.45, 7) is 0.749. The van der Waals surface area contributed by atoms with Crippen molar-refractivity contribution in [3.63, 3.8) is 0 Å². The van der Waals surface area contributed by atoms with Crippen molar-refractivity contribution in [3.05, 3.63) is 108 Å². The molecule has 1 aliphatic rings. The molecule has 0 unspecified atom stereocenters. The van der Waals surface area contributed by atoms with Crippen molar-refractivity contribution in [2.75, 3.05) is 13.2 Å². The Labute approximate surface area is 249 Å². The lowest BCUT2D eigenvalue weighted by atomic mass is 10.0. The Hall–Kier alpha value is -5.10. The number of ether oxygens (including phenoxy) is 2. The van der Waals surface area contributed by atoms with E-state index in [9.17, 15) is 15.2 Å². The molecule has 7 rings (SSSR count). The van der Waals surface area contributed by atoms with E-state index in [1.165, 1.54) is 17.4 Å². The van der Waals surface area contributed by atoms with Gasteiger partial charge in [-0.3, -0.25) is 0 Å². The molecule has 204 valence electrons. The molecule has 0 radical (unpaired) electrons. The van der Waals surface area contributed by atoms with E-state index in [4.69, 9.17) is 9.47 Å². The molecule has 6 aromatic rings. The summed E-state index contributed by atoms with van der Waals surface area (Å²) in [6.07, 6.45) is 1.36. The minimum Gasteiger partial charge on any atom is -0.485 e. The molecule has 0 bridgehead atoms. The van der Waals surface area contributed by atoms with Crippen molar-refractivity contribution in [1.29, 1.82) is 5.26 Å². The van der Waals surface area contributed by atoms with Crippen molar-refractivity contribution in [1.82, 2.24) is 4.57 Å². The fourth-order valence-corrected chi connectivity index (χ4v) is 7.61. The molecule has 42 heavy (non-hydrogen) atoms. The van der Waals surface area contributed by atoms with Crippen LogP contribution in [0.4, 0.5) is 0 Å². The highest BCUT2D eigenvalue weighted by atomic mass is 32.1. The first-order valence-corrected chi connectivity index (χ1v) is 14.9. The fraction of sp³-hybridized carbons (Fsp3) is 0.0588. The van der Waals surface area contributed by atoms with Gasteiger partial charge >= 0.3 is 5.97 Å². The molecule has 1 N–H and O–H groups in total. The summed E-state index contributed by atoms with van der Waals surface area (Å²) in [5.74, 6) is -0.209. The predicted octanol–water partition coefficient (Wildman–Crippen LogP) is 8.52. The zero-order valence-corrected chi connectivity index (χ0v) is 23.7. The van der Waals surface area contributed by atoms with Gasteiger partial charge in [-0.05, 0) is 42.0 Å². The van der Waals surface area contributed by atoms with Crippen LogP contribution in [-0.2, 0) is 4.79 Å². The van der Waals surface area contributed by atoms with Gasteiger partial charge in [-0.1, -0.05) is 66.7 Å². The van der Waals surface area contributed by atoms with Gasteiger partial charge < -0.3 is 19.1 Å². The first-order valence-electron chi connectivity index (χ1n) is 13.3. The van der Waals surface area contributed by atoms with Gasteiger partial charge in [0, 0.05) is 26.4 Å². The number of carboxylic acids is 1. The van der Waals surface area contributed by atoms with Crippen LogP contribution in [0.1, 0.15) is 4.88 Å². The SMILES string of the molecule is N#C/C(=C\c1sc(-c2ccc(-c3c(-c4ccccc4)n(-c4ccccc4)c4ccccc34)s2)c2c1OCCO2)C(=O)O. The highest BCUT2D eigenvalue weighted by Gasteiger charge is 2.28. The number of thiophene rings is 2. The first kappa shape index (κ1) is 25.8. The van der Waals surface area contributed by atoms with Crippen molar-refractivity contribution < 1.29 is 19.4 Å². The summed E-state index contributed by atoms with van der Waals surface area (Å²) < 4.78 is 14.3. The molecular weight excluding hydrogens is 565 g/mol. The number of carboxylic acid groups (broad SMARTS) is 1.